The summed E-state index contributed by atoms with van der Waals surface area (Å²) in [4.78, 5) is 0. The first-order valence-corrected chi connectivity index (χ1v) is 4.73. The van der Waals surface area contributed by atoms with E-state index in [0.29, 0.717) is 16.5 Å². The van der Waals surface area contributed by atoms with Crippen molar-refractivity contribution in [3.05, 3.63) is 29.3 Å². The Morgan fingerprint density at radius 2 is 2.00 bits per heavy atom. The molecule has 0 aliphatic carbocycles. The van der Waals surface area contributed by atoms with Crippen LogP contribution in [-0.2, 0) is 0 Å². The smallest absolute Gasteiger partial charge is 0.165 e. The maximum atomic E-state index is 5.97. The standard InChI is InChI=1S/C8H6ClN3S/c9-6-4-2-1-3-5(6)7-8(10)12-13-11-7/h1-4H,(H2,10,12). The molecule has 0 aliphatic heterocycles. The first-order chi connectivity index (χ1) is 6.29. The van der Waals surface area contributed by atoms with Gasteiger partial charge < -0.3 is 5.73 Å². The van der Waals surface area contributed by atoms with E-state index in [9.17, 15) is 0 Å². The third-order valence-corrected chi connectivity index (χ3v) is 2.52. The van der Waals surface area contributed by atoms with Crippen LogP contribution >= 0.6 is 23.3 Å². The van der Waals surface area contributed by atoms with Crippen LogP contribution in [0.15, 0.2) is 24.3 Å². The molecule has 13 heavy (non-hydrogen) atoms. The average Bonchev–Trinajstić information content (AvgIpc) is 2.52. The summed E-state index contributed by atoms with van der Waals surface area (Å²) in [6.07, 6.45) is 0. The predicted molar refractivity (Wildman–Crippen MR) is 54.8 cm³/mol. The number of hydrogen-bond acceptors (Lipinski definition) is 4. The van der Waals surface area contributed by atoms with Crippen molar-refractivity contribution in [1.82, 2.24) is 8.75 Å². The third-order valence-electron chi connectivity index (χ3n) is 1.64. The molecule has 2 rings (SSSR count). The monoisotopic (exact) mass is 211 g/mol. The second-order valence-electron chi connectivity index (χ2n) is 2.48. The van der Waals surface area contributed by atoms with Gasteiger partial charge in [-0.25, -0.2) is 0 Å². The summed E-state index contributed by atoms with van der Waals surface area (Å²) < 4.78 is 7.95. The van der Waals surface area contributed by atoms with E-state index in [1.54, 1.807) is 6.07 Å². The molecule has 0 radical (unpaired) electrons. The van der Waals surface area contributed by atoms with Crippen molar-refractivity contribution in [1.29, 1.82) is 0 Å². The molecule has 0 saturated carbocycles. The number of hydrogen-bond donors (Lipinski definition) is 1. The van der Waals surface area contributed by atoms with Crippen molar-refractivity contribution in [2.24, 2.45) is 0 Å². The highest BCUT2D eigenvalue weighted by molar-refractivity contribution is 6.99. The molecule has 0 bridgehead atoms. The van der Waals surface area contributed by atoms with E-state index in [-0.39, 0.29) is 0 Å². The minimum atomic E-state index is 0.429. The molecule has 1 aromatic carbocycles. The van der Waals surface area contributed by atoms with Crippen LogP contribution in [0.1, 0.15) is 0 Å². The minimum absolute atomic E-state index is 0.429. The molecule has 66 valence electrons. The van der Waals surface area contributed by atoms with Gasteiger partial charge in [0.15, 0.2) is 5.82 Å². The van der Waals surface area contributed by atoms with Gasteiger partial charge in [-0.3, -0.25) is 0 Å². The molecule has 2 aromatic rings. The lowest BCUT2D eigenvalue weighted by Crippen LogP contribution is -1.88. The normalized spacial score (nSPS) is 10.2. The van der Waals surface area contributed by atoms with E-state index in [4.69, 9.17) is 17.3 Å². The van der Waals surface area contributed by atoms with Gasteiger partial charge >= 0.3 is 0 Å². The van der Waals surface area contributed by atoms with Crippen LogP contribution in [-0.4, -0.2) is 8.75 Å². The van der Waals surface area contributed by atoms with Crippen LogP contribution in [0.3, 0.4) is 0 Å². The fourth-order valence-corrected chi connectivity index (χ4v) is 1.75. The summed E-state index contributed by atoms with van der Waals surface area (Å²) in [5.41, 5.74) is 7.11. The molecule has 0 unspecified atom stereocenters. The van der Waals surface area contributed by atoms with Crippen molar-refractivity contribution in [2.45, 2.75) is 0 Å². The van der Waals surface area contributed by atoms with Gasteiger partial charge in [-0.15, -0.1) is 0 Å². The van der Waals surface area contributed by atoms with E-state index in [1.165, 1.54) is 0 Å². The van der Waals surface area contributed by atoms with Gasteiger partial charge in [0, 0.05) is 5.56 Å². The van der Waals surface area contributed by atoms with E-state index < -0.39 is 0 Å². The number of rotatable bonds is 1. The highest BCUT2D eigenvalue weighted by atomic mass is 35.5. The van der Waals surface area contributed by atoms with Crippen molar-refractivity contribution < 1.29 is 0 Å². The second kappa shape index (κ2) is 3.32. The zero-order chi connectivity index (χ0) is 9.26. The van der Waals surface area contributed by atoms with Gasteiger partial charge in [-0.2, -0.15) is 8.75 Å². The molecular formula is C8H6ClN3S. The van der Waals surface area contributed by atoms with Crippen molar-refractivity contribution >= 4 is 29.1 Å². The van der Waals surface area contributed by atoms with Crippen LogP contribution in [0.2, 0.25) is 5.02 Å². The number of benzene rings is 1. The fourth-order valence-electron chi connectivity index (χ4n) is 1.04. The van der Waals surface area contributed by atoms with Crippen LogP contribution < -0.4 is 5.73 Å². The number of nitrogens with two attached hydrogens (primary N) is 1. The molecular weight excluding hydrogens is 206 g/mol. The lowest BCUT2D eigenvalue weighted by atomic mass is 10.1. The maximum Gasteiger partial charge on any atom is 0.165 e. The van der Waals surface area contributed by atoms with Crippen molar-refractivity contribution in [3.8, 4) is 11.3 Å². The molecule has 2 N–H and O–H groups in total. The molecule has 0 saturated heterocycles. The summed E-state index contributed by atoms with van der Waals surface area (Å²) in [5.74, 6) is 0.429. The lowest BCUT2D eigenvalue weighted by molar-refractivity contribution is 1.49. The molecule has 1 aromatic heterocycles. The Labute approximate surface area is 84.5 Å². The maximum absolute atomic E-state index is 5.97. The Morgan fingerprint density at radius 1 is 1.23 bits per heavy atom. The minimum Gasteiger partial charge on any atom is -0.381 e. The molecule has 0 amide bonds. The highest BCUT2D eigenvalue weighted by Crippen LogP contribution is 2.29. The van der Waals surface area contributed by atoms with Gasteiger partial charge in [0.1, 0.15) is 5.69 Å². The molecule has 0 aliphatic rings. The second-order valence-corrected chi connectivity index (χ2v) is 3.41. The summed E-state index contributed by atoms with van der Waals surface area (Å²) in [7, 11) is 0. The first kappa shape index (κ1) is 8.47. The molecule has 0 atom stereocenters. The van der Waals surface area contributed by atoms with Crippen LogP contribution in [0.4, 0.5) is 5.82 Å². The first-order valence-electron chi connectivity index (χ1n) is 3.62. The fraction of sp³-hybridized carbons (Fsp3) is 0. The Balaban J connectivity index is 2.59. The third kappa shape index (κ3) is 1.50. The van der Waals surface area contributed by atoms with Gasteiger partial charge in [-0.05, 0) is 6.07 Å². The number of aromatic nitrogens is 2. The summed E-state index contributed by atoms with van der Waals surface area (Å²) >= 11 is 7.06. The zero-order valence-corrected chi connectivity index (χ0v) is 8.14. The number of nitrogens with zero attached hydrogens (tertiary/aromatic N) is 2. The quantitative estimate of drug-likeness (QED) is 0.788. The molecule has 0 fully saturated rings. The van der Waals surface area contributed by atoms with E-state index in [1.807, 2.05) is 18.2 Å². The van der Waals surface area contributed by atoms with Gasteiger partial charge in [0.25, 0.3) is 0 Å². The molecule has 3 nitrogen and oxygen atoms in total. The zero-order valence-electron chi connectivity index (χ0n) is 6.57. The summed E-state index contributed by atoms with van der Waals surface area (Å²) in [6.45, 7) is 0. The topological polar surface area (TPSA) is 51.8 Å². The van der Waals surface area contributed by atoms with Crippen LogP contribution in [0, 0.1) is 0 Å². The molecule has 1 heterocycles. The Bertz CT molecular complexity index is 427. The summed E-state index contributed by atoms with van der Waals surface area (Å²) in [6, 6.07) is 7.42. The Kier molecular flexibility index (Phi) is 2.16. The Morgan fingerprint density at radius 3 is 2.62 bits per heavy atom. The van der Waals surface area contributed by atoms with Gasteiger partial charge in [0.2, 0.25) is 0 Å². The van der Waals surface area contributed by atoms with Crippen molar-refractivity contribution in [2.75, 3.05) is 5.73 Å². The predicted octanol–water partition coefficient (Wildman–Crippen LogP) is 2.44. The van der Waals surface area contributed by atoms with E-state index >= 15 is 0 Å². The Hall–Kier alpha value is -1.13. The number of anilines is 1. The van der Waals surface area contributed by atoms with E-state index in [2.05, 4.69) is 8.75 Å². The van der Waals surface area contributed by atoms with E-state index in [0.717, 1.165) is 17.3 Å². The number of halogens is 1. The average molecular weight is 212 g/mol. The lowest BCUT2D eigenvalue weighted by Gasteiger charge is -1.99. The molecule has 0 spiro atoms. The summed E-state index contributed by atoms with van der Waals surface area (Å²) in [5, 5.41) is 0.641. The van der Waals surface area contributed by atoms with Crippen molar-refractivity contribution in [3.63, 3.8) is 0 Å². The SMILES string of the molecule is Nc1nsnc1-c1ccccc1Cl. The van der Waals surface area contributed by atoms with Gasteiger partial charge in [-0.1, -0.05) is 29.8 Å². The van der Waals surface area contributed by atoms with Gasteiger partial charge in [0.05, 0.1) is 16.8 Å². The van der Waals surface area contributed by atoms with Crippen LogP contribution in [0.5, 0.6) is 0 Å². The molecule has 5 heteroatoms. The highest BCUT2D eigenvalue weighted by Gasteiger charge is 2.09. The number of nitrogen functional groups attached to an aromatic ring is 1. The van der Waals surface area contributed by atoms with Crippen LogP contribution in [0.25, 0.3) is 11.3 Å². The largest absolute Gasteiger partial charge is 0.381 e.